The van der Waals surface area contributed by atoms with E-state index in [1.54, 1.807) is 12.1 Å². The Balaban J connectivity index is 1.40. The highest BCUT2D eigenvalue weighted by Crippen LogP contribution is 2.21. The molecule has 26 heavy (non-hydrogen) atoms. The van der Waals surface area contributed by atoms with Gasteiger partial charge in [0.1, 0.15) is 5.82 Å². The van der Waals surface area contributed by atoms with Gasteiger partial charge in [-0.1, -0.05) is 30.3 Å². The molecule has 0 bridgehead atoms. The van der Waals surface area contributed by atoms with Gasteiger partial charge in [0.25, 0.3) is 5.89 Å². The summed E-state index contributed by atoms with van der Waals surface area (Å²) in [5.74, 6) is -1.19. The lowest BCUT2D eigenvalue weighted by molar-refractivity contribution is 0.0920. The molecule has 2 aromatic heterocycles. The van der Waals surface area contributed by atoms with Crippen molar-refractivity contribution in [3.63, 3.8) is 0 Å². The molecule has 2 N–H and O–H groups in total. The molecule has 0 aliphatic rings. The zero-order chi connectivity index (χ0) is 17.9. The summed E-state index contributed by atoms with van der Waals surface area (Å²) in [6, 6.07) is 14.0. The number of hydrogen-bond donors (Lipinski definition) is 2. The minimum Gasteiger partial charge on any atom is -0.412 e. The molecular formula is C19H15FN4O2. The quantitative estimate of drug-likeness (QED) is 0.578. The van der Waals surface area contributed by atoms with Crippen LogP contribution < -0.4 is 5.32 Å². The molecule has 0 radical (unpaired) electrons. The second-order valence-electron chi connectivity index (χ2n) is 5.76. The average Bonchev–Trinajstić information content (AvgIpc) is 3.30. The summed E-state index contributed by atoms with van der Waals surface area (Å²) in [6.07, 6.45) is 2.59. The Kier molecular flexibility index (Phi) is 4.18. The van der Waals surface area contributed by atoms with Crippen LogP contribution >= 0.6 is 0 Å². The normalized spacial score (nSPS) is 11.0. The van der Waals surface area contributed by atoms with Crippen molar-refractivity contribution in [2.24, 2.45) is 0 Å². The lowest BCUT2D eigenvalue weighted by Crippen LogP contribution is -2.25. The van der Waals surface area contributed by atoms with Gasteiger partial charge in [0, 0.05) is 23.6 Å². The molecule has 0 aliphatic carbocycles. The fourth-order valence-electron chi connectivity index (χ4n) is 2.78. The molecule has 4 rings (SSSR count). The summed E-state index contributed by atoms with van der Waals surface area (Å²) in [7, 11) is 0. The Labute approximate surface area is 148 Å². The number of rotatable bonds is 5. The van der Waals surface area contributed by atoms with Gasteiger partial charge < -0.3 is 14.7 Å². The van der Waals surface area contributed by atoms with Crippen LogP contribution in [0.4, 0.5) is 4.39 Å². The summed E-state index contributed by atoms with van der Waals surface area (Å²) in [4.78, 5) is 15.4. The molecule has 0 spiro atoms. The first kappa shape index (κ1) is 16.0. The van der Waals surface area contributed by atoms with E-state index in [2.05, 4.69) is 20.5 Å². The van der Waals surface area contributed by atoms with Crippen molar-refractivity contribution >= 4 is 16.8 Å². The molecule has 4 aromatic rings. The van der Waals surface area contributed by atoms with E-state index in [1.165, 1.54) is 12.1 Å². The molecule has 0 fully saturated rings. The number of H-pyrrole nitrogens is 1. The minimum atomic E-state index is -0.486. The van der Waals surface area contributed by atoms with Crippen LogP contribution in [0.25, 0.3) is 22.4 Å². The van der Waals surface area contributed by atoms with Crippen LogP contribution in [0.2, 0.25) is 0 Å². The zero-order valence-corrected chi connectivity index (χ0v) is 13.7. The lowest BCUT2D eigenvalue weighted by Gasteiger charge is -2.02. The number of para-hydroxylation sites is 1. The number of amides is 1. The monoisotopic (exact) mass is 350 g/mol. The molecular weight excluding hydrogens is 335 g/mol. The molecule has 2 heterocycles. The van der Waals surface area contributed by atoms with E-state index in [9.17, 15) is 9.18 Å². The zero-order valence-electron chi connectivity index (χ0n) is 13.7. The second-order valence-corrected chi connectivity index (χ2v) is 5.76. The van der Waals surface area contributed by atoms with Crippen LogP contribution in [-0.4, -0.2) is 27.6 Å². The van der Waals surface area contributed by atoms with E-state index >= 15 is 0 Å². The first-order chi connectivity index (χ1) is 12.7. The summed E-state index contributed by atoms with van der Waals surface area (Å²) in [6.45, 7) is 0.415. The van der Waals surface area contributed by atoms with Crippen molar-refractivity contribution in [2.45, 2.75) is 6.42 Å². The average molecular weight is 350 g/mol. The summed E-state index contributed by atoms with van der Waals surface area (Å²) in [5, 5.41) is 11.3. The number of aromatic nitrogens is 3. The standard InChI is InChI=1S/C19H15FN4O2/c20-15-7-3-1-6-14(15)18-23-24-19(26-18)17(25)21-10-9-12-11-22-16-8-4-2-5-13(12)16/h1-8,11,22H,9-10H2,(H,21,25). The molecule has 6 nitrogen and oxygen atoms in total. The van der Waals surface area contributed by atoms with E-state index in [1.807, 2.05) is 30.5 Å². The number of carbonyl (C=O) groups excluding carboxylic acids is 1. The summed E-state index contributed by atoms with van der Waals surface area (Å²) >= 11 is 0. The van der Waals surface area contributed by atoms with Crippen molar-refractivity contribution in [3.8, 4) is 11.5 Å². The van der Waals surface area contributed by atoms with Gasteiger partial charge in [-0.3, -0.25) is 4.79 Å². The Morgan fingerprint density at radius 3 is 2.81 bits per heavy atom. The lowest BCUT2D eigenvalue weighted by atomic mass is 10.1. The number of aromatic amines is 1. The molecule has 0 saturated heterocycles. The smallest absolute Gasteiger partial charge is 0.308 e. The van der Waals surface area contributed by atoms with Crippen LogP contribution in [0.3, 0.4) is 0 Å². The third-order valence-electron chi connectivity index (χ3n) is 4.08. The molecule has 0 unspecified atom stereocenters. The summed E-state index contributed by atoms with van der Waals surface area (Å²) in [5.41, 5.74) is 2.33. The predicted molar refractivity (Wildman–Crippen MR) is 94.0 cm³/mol. The Bertz CT molecular complexity index is 1070. The van der Waals surface area contributed by atoms with Crippen LogP contribution in [0, 0.1) is 5.82 Å². The number of nitrogens with zero attached hydrogens (tertiary/aromatic N) is 2. The Morgan fingerprint density at radius 1 is 1.12 bits per heavy atom. The fourth-order valence-corrected chi connectivity index (χ4v) is 2.78. The number of fused-ring (bicyclic) bond motifs is 1. The number of nitrogens with one attached hydrogen (secondary N) is 2. The SMILES string of the molecule is O=C(NCCc1c[nH]c2ccccc12)c1nnc(-c2ccccc2F)o1. The van der Waals surface area contributed by atoms with E-state index in [0.717, 1.165) is 16.5 Å². The van der Waals surface area contributed by atoms with E-state index in [4.69, 9.17) is 4.42 Å². The number of halogens is 1. The second kappa shape index (κ2) is 6.79. The minimum absolute atomic E-state index is 0.0233. The highest BCUT2D eigenvalue weighted by molar-refractivity contribution is 5.89. The largest absolute Gasteiger partial charge is 0.412 e. The fraction of sp³-hybridized carbons (Fsp3) is 0.105. The van der Waals surface area contributed by atoms with E-state index in [-0.39, 0.29) is 17.3 Å². The van der Waals surface area contributed by atoms with Gasteiger partial charge in [-0.15, -0.1) is 10.2 Å². The number of hydrogen-bond acceptors (Lipinski definition) is 4. The Hall–Kier alpha value is -3.48. The van der Waals surface area contributed by atoms with Crippen molar-refractivity contribution in [1.82, 2.24) is 20.5 Å². The first-order valence-corrected chi connectivity index (χ1v) is 8.14. The van der Waals surface area contributed by atoms with Crippen LogP contribution in [-0.2, 0) is 6.42 Å². The van der Waals surface area contributed by atoms with Crippen molar-refractivity contribution < 1.29 is 13.6 Å². The highest BCUT2D eigenvalue weighted by atomic mass is 19.1. The van der Waals surface area contributed by atoms with Crippen molar-refractivity contribution in [1.29, 1.82) is 0 Å². The number of benzene rings is 2. The van der Waals surface area contributed by atoms with Gasteiger partial charge in [-0.05, 0) is 30.2 Å². The van der Waals surface area contributed by atoms with Gasteiger partial charge in [-0.25, -0.2) is 4.39 Å². The van der Waals surface area contributed by atoms with E-state index < -0.39 is 11.7 Å². The van der Waals surface area contributed by atoms with Gasteiger partial charge in [0.05, 0.1) is 5.56 Å². The molecule has 130 valence electrons. The topological polar surface area (TPSA) is 83.8 Å². The molecule has 7 heteroatoms. The third kappa shape index (κ3) is 3.06. The molecule has 2 aromatic carbocycles. The van der Waals surface area contributed by atoms with Gasteiger partial charge in [0.15, 0.2) is 0 Å². The molecule has 0 aliphatic heterocycles. The van der Waals surface area contributed by atoms with Crippen molar-refractivity contribution in [2.75, 3.05) is 6.54 Å². The molecule has 1 amide bonds. The van der Waals surface area contributed by atoms with Gasteiger partial charge >= 0.3 is 11.8 Å². The maximum Gasteiger partial charge on any atom is 0.308 e. The maximum absolute atomic E-state index is 13.7. The first-order valence-electron chi connectivity index (χ1n) is 8.14. The predicted octanol–water partition coefficient (Wildman–Crippen LogP) is 3.33. The molecule has 0 atom stereocenters. The van der Waals surface area contributed by atoms with Gasteiger partial charge in [0.2, 0.25) is 0 Å². The Morgan fingerprint density at radius 2 is 1.92 bits per heavy atom. The van der Waals surface area contributed by atoms with Crippen molar-refractivity contribution in [3.05, 3.63) is 72.0 Å². The molecule has 0 saturated carbocycles. The van der Waals surface area contributed by atoms with E-state index in [0.29, 0.717) is 13.0 Å². The summed E-state index contributed by atoms with van der Waals surface area (Å²) < 4.78 is 19.0. The van der Waals surface area contributed by atoms with Crippen LogP contribution in [0.5, 0.6) is 0 Å². The third-order valence-corrected chi connectivity index (χ3v) is 4.08. The maximum atomic E-state index is 13.7. The highest BCUT2D eigenvalue weighted by Gasteiger charge is 2.17. The number of carbonyl (C=O) groups is 1. The van der Waals surface area contributed by atoms with Crippen LogP contribution in [0.15, 0.2) is 59.1 Å². The van der Waals surface area contributed by atoms with Gasteiger partial charge in [-0.2, -0.15) is 0 Å². The van der Waals surface area contributed by atoms with Crippen LogP contribution in [0.1, 0.15) is 16.2 Å².